The van der Waals surface area contributed by atoms with Gasteiger partial charge in [0.15, 0.2) is 0 Å². The van der Waals surface area contributed by atoms with Crippen LogP contribution in [0.25, 0.3) is 0 Å². The first kappa shape index (κ1) is 6.62. The van der Waals surface area contributed by atoms with Crippen molar-refractivity contribution >= 4 is 11.6 Å². The maximum absolute atomic E-state index is 5.67. The molecule has 0 aromatic carbocycles. The van der Waals surface area contributed by atoms with E-state index in [1.165, 1.54) is 0 Å². The fraction of sp³-hybridized carbons (Fsp3) is 0.333. The number of rotatable bonds is 0. The zero-order valence-electron chi connectivity index (χ0n) is 5.35. The average molecular weight is 143 g/mol. The molecule has 2 radical (unpaired) electrons. The van der Waals surface area contributed by atoms with Crippen LogP contribution in [0.4, 0.5) is 0 Å². The molecule has 0 unspecified atom stereocenters. The Morgan fingerprint density at radius 1 is 1.67 bits per heavy atom. The van der Waals surface area contributed by atoms with Gasteiger partial charge in [0.1, 0.15) is 5.15 Å². The first-order chi connectivity index (χ1) is 4.13. The molecule has 1 heterocycles. The lowest BCUT2D eigenvalue weighted by atomic mass is 10.3. The fourth-order valence-corrected chi connectivity index (χ4v) is 0.821. The first-order valence-corrected chi connectivity index (χ1v) is 2.95. The zero-order valence-corrected chi connectivity index (χ0v) is 6.11. The van der Waals surface area contributed by atoms with E-state index in [1.807, 2.05) is 6.92 Å². The van der Waals surface area contributed by atoms with Crippen LogP contribution in [0.15, 0.2) is 0 Å². The summed E-state index contributed by atoms with van der Waals surface area (Å²) in [7, 11) is 1.76. The third kappa shape index (κ3) is 0.944. The second-order valence-electron chi connectivity index (χ2n) is 1.91. The molecule has 0 aliphatic rings. The quantitative estimate of drug-likeness (QED) is 0.536. The number of hydrogen-bond acceptors (Lipinski definition) is 1. The molecule has 1 aromatic rings. The van der Waals surface area contributed by atoms with E-state index in [9.17, 15) is 0 Å². The summed E-state index contributed by atoms with van der Waals surface area (Å²) < 4.78 is 1.55. The van der Waals surface area contributed by atoms with Crippen molar-refractivity contribution in [2.45, 2.75) is 6.92 Å². The lowest BCUT2D eigenvalue weighted by Gasteiger charge is -1.87. The first-order valence-electron chi connectivity index (χ1n) is 2.57. The Bertz CT molecular complexity index is 205. The molecule has 9 heavy (non-hydrogen) atoms. The summed E-state index contributed by atoms with van der Waals surface area (Å²) in [5.41, 5.74) is 1.35. The molecule has 0 aliphatic heterocycles. The smallest absolute Gasteiger partial charge is 0.130 e. The van der Waals surface area contributed by atoms with Gasteiger partial charge in [-0.15, -0.1) is 0 Å². The number of hydrogen-bond donors (Lipinski definition) is 0. The normalized spacial score (nSPS) is 10.2. The van der Waals surface area contributed by atoms with Crippen molar-refractivity contribution in [3.63, 3.8) is 0 Å². The summed E-state index contributed by atoms with van der Waals surface area (Å²) in [5.74, 6) is 0. The summed E-state index contributed by atoms with van der Waals surface area (Å²) in [6.07, 6.45) is 0. The number of nitrogens with zero attached hydrogens (tertiary/aromatic N) is 2. The molecule has 1 aromatic heterocycles. The van der Waals surface area contributed by atoms with E-state index >= 15 is 0 Å². The van der Waals surface area contributed by atoms with Crippen molar-refractivity contribution in [3.05, 3.63) is 23.3 Å². The maximum Gasteiger partial charge on any atom is 0.130 e. The average Bonchev–Trinajstić information content (AvgIpc) is 1.98. The van der Waals surface area contributed by atoms with Crippen LogP contribution in [0.3, 0.4) is 0 Å². The van der Waals surface area contributed by atoms with Gasteiger partial charge in [-0.3, -0.25) is 4.68 Å². The van der Waals surface area contributed by atoms with Crippen LogP contribution in [-0.2, 0) is 7.05 Å². The van der Waals surface area contributed by atoms with Crippen molar-refractivity contribution in [1.29, 1.82) is 0 Å². The third-order valence-electron chi connectivity index (χ3n) is 1.20. The molecular formula is C6H7ClN2. The molecule has 2 nitrogen and oxygen atoms in total. The summed E-state index contributed by atoms with van der Waals surface area (Å²) in [6, 6.07) is 0. The van der Waals surface area contributed by atoms with Gasteiger partial charge in [0.25, 0.3) is 0 Å². The minimum atomic E-state index is 0.507. The van der Waals surface area contributed by atoms with Gasteiger partial charge in [0.2, 0.25) is 0 Å². The Balaban J connectivity index is 3.29. The van der Waals surface area contributed by atoms with Crippen LogP contribution in [0, 0.1) is 13.8 Å². The van der Waals surface area contributed by atoms with Gasteiger partial charge in [0, 0.05) is 19.5 Å². The monoisotopic (exact) mass is 142 g/mol. The topological polar surface area (TPSA) is 17.8 Å². The molecule has 0 N–H and O–H groups in total. The van der Waals surface area contributed by atoms with E-state index < -0.39 is 0 Å². The molecule has 0 atom stereocenters. The van der Waals surface area contributed by atoms with Gasteiger partial charge in [-0.1, -0.05) is 11.6 Å². The van der Waals surface area contributed by atoms with E-state index in [1.54, 1.807) is 11.7 Å². The highest BCUT2D eigenvalue weighted by Gasteiger charge is 2.04. The molecule has 48 valence electrons. The van der Waals surface area contributed by atoms with E-state index in [-0.39, 0.29) is 0 Å². The van der Waals surface area contributed by atoms with Crippen molar-refractivity contribution in [1.82, 2.24) is 9.78 Å². The van der Waals surface area contributed by atoms with E-state index in [0.29, 0.717) is 10.7 Å². The SMILES string of the molecule is [CH]c1c(C)nn(C)c1Cl. The largest absolute Gasteiger partial charge is 0.257 e. The minimum absolute atomic E-state index is 0.507. The van der Waals surface area contributed by atoms with Gasteiger partial charge in [0.05, 0.1) is 5.69 Å². The second-order valence-corrected chi connectivity index (χ2v) is 2.27. The minimum Gasteiger partial charge on any atom is -0.257 e. The van der Waals surface area contributed by atoms with Gasteiger partial charge in [-0.2, -0.15) is 5.10 Å². The molecule has 3 heteroatoms. The van der Waals surface area contributed by atoms with Crippen molar-refractivity contribution in [2.75, 3.05) is 0 Å². The van der Waals surface area contributed by atoms with Crippen LogP contribution < -0.4 is 0 Å². The lowest BCUT2D eigenvalue weighted by molar-refractivity contribution is 0.757. The molecule has 1 rings (SSSR count). The van der Waals surface area contributed by atoms with Crippen LogP contribution in [0.2, 0.25) is 5.15 Å². The Morgan fingerprint density at radius 3 is 2.33 bits per heavy atom. The van der Waals surface area contributed by atoms with Crippen LogP contribution in [-0.4, -0.2) is 9.78 Å². The number of halogens is 1. The summed E-state index contributed by atoms with van der Waals surface area (Å²) in [5, 5.41) is 4.48. The molecule has 0 saturated heterocycles. The Hall–Kier alpha value is -0.500. The van der Waals surface area contributed by atoms with E-state index in [0.717, 1.165) is 5.69 Å². The Morgan fingerprint density at radius 2 is 2.22 bits per heavy atom. The van der Waals surface area contributed by atoms with Crippen molar-refractivity contribution in [3.8, 4) is 0 Å². The Labute approximate surface area is 59.4 Å². The summed E-state index contributed by atoms with van der Waals surface area (Å²) >= 11 is 5.67. The number of aromatic nitrogens is 2. The fourth-order valence-electron chi connectivity index (χ4n) is 0.646. The van der Waals surface area contributed by atoms with Crippen molar-refractivity contribution in [2.24, 2.45) is 7.05 Å². The van der Waals surface area contributed by atoms with E-state index in [4.69, 9.17) is 18.5 Å². The van der Waals surface area contributed by atoms with Gasteiger partial charge in [-0.25, -0.2) is 0 Å². The maximum atomic E-state index is 5.67. The van der Waals surface area contributed by atoms with Crippen LogP contribution >= 0.6 is 11.6 Å². The highest BCUT2D eigenvalue weighted by Crippen LogP contribution is 2.15. The van der Waals surface area contributed by atoms with E-state index in [2.05, 4.69) is 5.10 Å². The number of aryl methyl sites for hydroxylation is 2. The Kier molecular flexibility index (Phi) is 1.49. The molecule has 0 fully saturated rings. The second kappa shape index (κ2) is 2.03. The summed E-state index contributed by atoms with van der Waals surface area (Å²) in [6.45, 7) is 7.31. The van der Waals surface area contributed by atoms with Gasteiger partial charge in [-0.05, 0) is 6.92 Å². The summed E-state index contributed by atoms with van der Waals surface area (Å²) in [4.78, 5) is 0. The molecular weight excluding hydrogens is 136 g/mol. The molecule has 0 spiro atoms. The third-order valence-corrected chi connectivity index (χ3v) is 1.64. The molecule has 0 aliphatic carbocycles. The predicted octanol–water partition coefficient (Wildman–Crippen LogP) is 1.44. The zero-order chi connectivity index (χ0) is 7.02. The molecule has 0 bridgehead atoms. The lowest BCUT2D eigenvalue weighted by Crippen LogP contribution is -1.88. The highest BCUT2D eigenvalue weighted by molar-refractivity contribution is 6.30. The molecule has 0 amide bonds. The van der Waals surface area contributed by atoms with Gasteiger partial charge >= 0.3 is 0 Å². The standard InChI is InChI=1S/C6H7ClN2/c1-4-5(2)8-9(3)6(4)7/h1H,2-3H3. The van der Waals surface area contributed by atoms with Crippen LogP contribution in [0.1, 0.15) is 11.3 Å². The van der Waals surface area contributed by atoms with Gasteiger partial charge < -0.3 is 0 Å². The van der Waals surface area contributed by atoms with Crippen LogP contribution in [0.5, 0.6) is 0 Å². The van der Waals surface area contributed by atoms with Crippen molar-refractivity contribution < 1.29 is 0 Å². The predicted molar refractivity (Wildman–Crippen MR) is 36.4 cm³/mol. The molecule has 0 saturated carbocycles. The highest BCUT2D eigenvalue weighted by atomic mass is 35.5.